The van der Waals surface area contributed by atoms with E-state index in [4.69, 9.17) is 9.47 Å². The number of para-hydroxylation sites is 3. The lowest BCUT2D eigenvalue weighted by Gasteiger charge is -2.26. The van der Waals surface area contributed by atoms with Gasteiger partial charge in [0.05, 0.1) is 36.4 Å². The van der Waals surface area contributed by atoms with Crippen LogP contribution in [-0.2, 0) is 4.74 Å². The number of rotatable bonds is 6. The van der Waals surface area contributed by atoms with E-state index in [-0.39, 0.29) is 0 Å². The minimum absolute atomic E-state index is 0.703. The summed E-state index contributed by atoms with van der Waals surface area (Å²) in [6.07, 6.45) is 1.01. The molecule has 4 rings (SSSR count). The topological polar surface area (TPSA) is 50.4 Å². The van der Waals surface area contributed by atoms with Gasteiger partial charge in [0.25, 0.3) is 0 Å². The van der Waals surface area contributed by atoms with Crippen molar-refractivity contribution in [1.29, 1.82) is 0 Å². The highest BCUT2D eigenvalue weighted by atomic mass is 16.5. The Bertz CT molecular complexity index is 791. The van der Waals surface area contributed by atoms with Gasteiger partial charge in [0.2, 0.25) is 0 Å². The molecule has 5 heteroatoms. The Kier molecular flexibility index (Phi) is 4.95. The van der Waals surface area contributed by atoms with Crippen molar-refractivity contribution < 1.29 is 9.47 Å². The second-order valence-corrected chi connectivity index (χ2v) is 6.25. The molecule has 1 aliphatic rings. The number of hydrogen-bond acceptors (Lipinski definition) is 4. The molecule has 2 aromatic carbocycles. The molecule has 2 heterocycles. The van der Waals surface area contributed by atoms with Crippen molar-refractivity contribution in [2.75, 3.05) is 39.5 Å². The van der Waals surface area contributed by atoms with Crippen molar-refractivity contribution in [3.05, 3.63) is 48.5 Å². The average molecular weight is 337 g/mol. The van der Waals surface area contributed by atoms with Gasteiger partial charge >= 0.3 is 0 Å². The molecule has 0 radical (unpaired) electrons. The summed E-state index contributed by atoms with van der Waals surface area (Å²) in [6.45, 7) is 5.49. The smallest absolute Gasteiger partial charge is 0.142 e. The molecule has 130 valence electrons. The first-order chi connectivity index (χ1) is 12.4. The largest absolute Gasteiger partial charge is 0.493 e. The number of fused-ring (bicyclic) bond motifs is 1. The van der Waals surface area contributed by atoms with Crippen molar-refractivity contribution in [2.24, 2.45) is 0 Å². The molecule has 1 aliphatic heterocycles. The maximum atomic E-state index is 6.06. The molecular weight excluding hydrogens is 314 g/mol. The molecule has 5 nitrogen and oxygen atoms in total. The fourth-order valence-corrected chi connectivity index (χ4v) is 3.16. The third-order valence-electron chi connectivity index (χ3n) is 4.51. The van der Waals surface area contributed by atoms with Crippen LogP contribution in [0, 0.1) is 0 Å². The lowest BCUT2D eigenvalue weighted by Crippen LogP contribution is -2.37. The number of nitrogens with zero attached hydrogens (tertiary/aromatic N) is 2. The maximum Gasteiger partial charge on any atom is 0.142 e. The minimum Gasteiger partial charge on any atom is -0.493 e. The van der Waals surface area contributed by atoms with E-state index in [1.54, 1.807) is 0 Å². The predicted molar refractivity (Wildman–Crippen MR) is 98.9 cm³/mol. The van der Waals surface area contributed by atoms with Gasteiger partial charge in [-0.05, 0) is 30.7 Å². The first-order valence-corrected chi connectivity index (χ1v) is 8.87. The zero-order valence-electron chi connectivity index (χ0n) is 14.3. The third kappa shape index (κ3) is 3.83. The van der Waals surface area contributed by atoms with Gasteiger partial charge in [-0.15, -0.1) is 0 Å². The van der Waals surface area contributed by atoms with Crippen LogP contribution >= 0.6 is 0 Å². The van der Waals surface area contributed by atoms with Crippen molar-refractivity contribution in [3.63, 3.8) is 0 Å². The van der Waals surface area contributed by atoms with Crippen LogP contribution in [0.25, 0.3) is 22.4 Å². The van der Waals surface area contributed by atoms with Gasteiger partial charge in [0, 0.05) is 19.6 Å². The second-order valence-electron chi connectivity index (χ2n) is 6.25. The molecule has 1 N–H and O–H groups in total. The van der Waals surface area contributed by atoms with E-state index in [9.17, 15) is 0 Å². The number of ether oxygens (including phenoxy) is 2. The van der Waals surface area contributed by atoms with Gasteiger partial charge in [0.15, 0.2) is 0 Å². The third-order valence-corrected chi connectivity index (χ3v) is 4.51. The zero-order valence-corrected chi connectivity index (χ0v) is 14.3. The maximum absolute atomic E-state index is 6.06. The predicted octanol–water partition coefficient (Wildman–Crippen LogP) is 3.33. The number of hydrogen-bond donors (Lipinski definition) is 1. The number of aromatic nitrogens is 2. The Hall–Kier alpha value is -2.37. The van der Waals surface area contributed by atoms with Gasteiger partial charge in [-0.2, -0.15) is 0 Å². The number of H-pyrrole nitrogens is 1. The van der Waals surface area contributed by atoms with Gasteiger partial charge < -0.3 is 14.5 Å². The number of nitrogens with one attached hydrogen (secondary N) is 1. The molecule has 1 saturated heterocycles. The molecule has 0 spiro atoms. The quantitative estimate of drug-likeness (QED) is 0.701. The SMILES string of the molecule is c1ccc(-c2nc3ccccc3[nH]2)c(OCCCN2CCOCC2)c1. The van der Waals surface area contributed by atoms with E-state index < -0.39 is 0 Å². The monoisotopic (exact) mass is 337 g/mol. The number of morpholine rings is 1. The van der Waals surface area contributed by atoms with E-state index in [1.807, 2.05) is 42.5 Å². The molecule has 0 bridgehead atoms. The van der Waals surface area contributed by atoms with E-state index in [0.717, 1.165) is 67.4 Å². The van der Waals surface area contributed by atoms with Crippen LogP contribution in [0.15, 0.2) is 48.5 Å². The summed E-state index contributed by atoms with van der Waals surface area (Å²) in [6, 6.07) is 16.1. The van der Waals surface area contributed by atoms with E-state index in [2.05, 4.69) is 20.9 Å². The second kappa shape index (κ2) is 7.68. The number of aromatic amines is 1. The molecule has 1 aromatic heterocycles. The van der Waals surface area contributed by atoms with Crippen molar-refractivity contribution in [2.45, 2.75) is 6.42 Å². The van der Waals surface area contributed by atoms with Crippen LogP contribution < -0.4 is 4.74 Å². The summed E-state index contributed by atoms with van der Waals surface area (Å²) in [5.74, 6) is 1.73. The summed E-state index contributed by atoms with van der Waals surface area (Å²) in [7, 11) is 0. The summed E-state index contributed by atoms with van der Waals surface area (Å²) in [5, 5.41) is 0. The van der Waals surface area contributed by atoms with Crippen molar-refractivity contribution in [3.8, 4) is 17.1 Å². The van der Waals surface area contributed by atoms with Crippen LogP contribution in [0.5, 0.6) is 5.75 Å². The van der Waals surface area contributed by atoms with Gasteiger partial charge in [-0.1, -0.05) is 24.3 Å². The Morgan fingerprint density at radius 1 is 1.04 bits per heavy atom. The Labute approximate surface area is 147 Å². The fraction of sp³-hybridized carbons (Fsp3) is 0.350. The lowest BCUT2D eigenvalue weighted by atomic mass is 10.2. The standard InChI is InChI=1S/C20H23N3O2/c1-4-9-19(25-13-5-10-23-11-14-24-15-12-23)16(6-1)20-21-17-7-2-3-8-18(17)22-20/h1-4,6-9H,5,10-15H2,(H,21,22). The van der Waals surface area contributed by atoms with Gasteiger partial charge in [0.1, 0.15) is 11.6 Å². The number of benzene rings is 2. The molecular formula is C20H23N3O2. The zero-order chi connectivity index (χ0) is 16.9. The summed E-state index contributed by atoms with van der Waals surface area (Å²) in [5.41, 5.74) is 3.02. The van der Waals surface area contributed by atoms with Crippen LogP contribution in [-0.4, -0.2) is 54.3 Å². The molecule has 0 aliphatic carbocycles. The highest BCUT2D eigenvalue weighted by Crippen LogP contribution is 2.29. The van der Waals surface area contributed by atoms with Crippen molar-refractivity contribution in [1.82, 2.24) is 14.9 Å². The number of imidazole rings is 1. The van der Waals surface area contributed by atoms with Crippen LogP contribution in [0.3, 0.4) is 0 Å². The molecule has 1 fully saturated rings. The van der Waals surface area contributed by atoms with Crippen LogP contribution in [0.2, 0.25) is 0 Å². The highest BCUT2D eigenvalue weighted by Gasteiger charge is 2.12. The molecule has 0 amide bonds. The fourth-order valence-electron chi connectivity index (χ4n) is 3.16. The molecule has 0 unspecified atom stereocenters. The van der Waals surface area contributed by atoms with Crippen molar-refractivity contribution >= 4 is 11.0 Å². The Balaban J connectivity index is 1.42. The van der Waals surface area contributed by atoms with Crippen LogP contribution in [0.1, 0.15) is 6.42 Å². The molecule has 3 aromatic rings. The summed E-state index contributed by atoms with van der Waals surface area (Å²) >= 11 is 0. The Morgan fingerprint density at radius 2 is 1.84 bits per heavy atom. The Morgan fingerprint density at radius 3 is 2.72 bits per heavy atom. The van der Waals surface area contributed by atoms with Gasteiger partial charge in [-0.25, -0.2) is 4.98 Å². The first kappa shape index (κ1) is 16.1. The average Bonchev–Trinajstić information content (AvgIpc) is 3.10. The lowest BCUT2D eigenvalue weighted by molar-refractivity contribution is 0.0358. The summed E-state index contributed by atoms with van der Waals surface area (Å²) < 4.78 is 11.4. The normalized spacial score (nSPS) is 15.5. The minimum atomic E-state index is 0.703. The molecule has 25 heavy (non-hydrogen) atoms. The summed E-state index contributed by atoms with van der Waals surface area (Å²) in [4.78, 5) is 10.5. The van der Waals surface area contributed by atoms with Gasteiger partial charge in [-0.3, -0.25) is 4.90 Å². The molecule has 0 atom stereocenters. The van der Waals surface area contributed by atoms with E-state index in [0.29, 0.717) is 6.61 Å². The first-order valence-electron chi connectivity index (χ1n) is 8.87. The van der Waals surface area contributed by atoms with Crippen LogP contribution in [0.4, 0.5) is 0 Å². The van der Waals surface area contributed by atoms with E-state index >= 15 is 0 Å². The van der Waals surface area contributed by atoms with E-state index in [1.165, 1.54) is 0 Å². The highest BCUT2D eigenvalue weighted by molar-refractivity contribution is 5.80. The molecule has 0 saturated carbocycles.